The van der Waals surface area contributed by atoms with Gasteiger partial charge in [0.1, 0.15) is 5.75 Å². The Morgan fingerprint density at radius 3 is 1.80 bits per heavy atom. The van der Waals surface area contributed by atoms with Gasteiger partial charge in [-0.1, -0.05) is 0 Å². The Morgan fingerprint density at radius 2 is 1.36 bits per heavy atom. The summed E-state index contributed by atoms with van der Waals surface area (Å²) in [6.07, 6.45) is 0. The minimum absolute atomic E-state index is 0.125. The summed E-state index contributed by atoms with van der Waals surface area (Å²) in [6, 6.07) is 7.68. The lowest BCUT2D eigenvalue weighted by Crippen LogP contribution is -2.13. The zero-order valence-corrected chi connectivity index (χ0v) is 15.6. The number of sulfonamides is 1. The van der Waals surface area contributed by atoms with E-state index < -0.39 is 10.0 Å². The fraction of sp³-hybridized carbons (Fsp3) is 0.294. The number of ether oxygens (including phenoxy) is 4. The van der Waals surface area contributed by atoms with Crippen LogP contribution in [0.5, 0.6) is 23.0 Å². The van der Waals surface area contributed by atoms with Gasteiger partial charge in [-0.2, -0.15) is 0 Å². The molecule has 0 bridgehead atoms. The zero-order chi connectivity index (χ0) is 18.6. The molecule has 0 saturated heterocycles. The molecule has 0 aromatic heterocycles. The second-order valence-electron chi connectivity index (χ2n) is 5.15. The lowest BCUT2D eigenvalue weighted by atomic mass is 10.2. The summed E-state index contributed by atoms with van der Waals surface area (Å²) in [6.45, 7) is 1.78. The average molecular weight is 367 g/mol. The van der Waals surface area contributed by atoms with E-state index >= 15 is 0 Å². The minimum atomic E-state index is -3.79. The van der Waals surface area contributed by atoms with Crippen molar-refractivity contribution in [2.24, 2.45) is 0 Å². The number of hydrogen-bond donors (Lipinski definition) is 1. The van der Waals surface area contributed by atoms with Crippen LogP contribution >= 0.6 is 0 Å². The number of benzene rings is 2. The van der Waals surface area contributed by atoms with Gasteiger partial charge in [-0.15, -0.1) is 0 Å². The maximum atomic E-state index is 12.6. The smallest absolute Gasteiger partial charge is 0.261 e. The number of aryl methyl sites for hydroxylation is 1. The second-order valence-corrected chi connectivity index (χ2v) is 6.83. The number of nitrogens with one attached hydrogen (secondary N) is 1. The number of methoxy groups -OCH3 is 4. The third kappa shape index (κ3) is 3.90. The van der Waals surface area contributed by atoms with E-state index in [0.29, 0.717) is 28.7 Å². The van der Waals surface area contributed by atoms with Gasteiger partial charge in [0.15, 0.2) is 11.5 Å². The largest absolute Gasteiger partial charge is 0.496 e. The molecule has 1 N–H and O–H groups in total. The van der Waals surface area contributed by atoms with Crippen molar-refractivity contribution < 1.29 is 27.4 Å². The van der Waals surface area contributed by atoms with Gasteiger partial charge >= 0.3 is 0 Å². The SMILES string of the molecule is COc1ccc(S(=O)(=O)Nc2cc(OC)c(OC)c(OC)c2)cc1C. The van der Waals surface area contributed by atoms with Crippen LogP contribution in [0, 0.1) is 6.92 Å². The molecule has 0 fully saturated rings. The quantitative estimate of drug-likeness (QED) is 0.810. The van der Waals surface area contributed by atoms with E-state index in [1.165, 1.54) is 46.6 Å². The molecule has 0 amide bonds. The summed E-state index contributed by atoms with van der Waals surface area (Å²) in [7, 11) is 2.14. The molecule has 0 heterocycles. The first-order valence-electron chi connectivity index (χ1n) is 7.33. The molecular formula is C17H21NO6S. The molecular weight excluding hydrogens is 346 g/mol. The molecule has 0 aliphatic heterocycles. The molecule has 8 heteroatoms. The van der Waals surface area contributed by atoms with E-state index in [1.54, 1.807) is 19.1 Å². The van der Waals surface area contributed by atoms with Crippen LogP contribution in [0.2, 0.25) is 0 Å². The van der Waals surface area contributed by atoms with Gasteiger partial charge in [0, 0.05) is 12.1 Å². The molecule has 0 spiro atoms. The van der Waals surface area contributed by atoms with Crippen LogP contribution in [-0.4, -0.2) is 36.9 Å². The highest BCUT2D eigenvalue weighted by atomic mass is 32.2. The fourth-order valence-corrected chi connectivity index (χ4v) is 3.50. The predicted molar refractivity (Wildman–Crippen MR) is 94.6 cm³/mol. The molecule has 0 unspecified atom stereocenters. The lowest BCUT2D eigenvalue weighted by Gasteiger charge is -2.15. The standard InChI is InChI=1S/C17H21NO6S/c1-11-8-13(6-7-14(11)21-2)25(19,20)18-12-9-15(22-3)17(24-5)16(10-12)23-4/h6-10,18H,1-5H3. The van der Waals surface area contributed by atoms with Gasteiger partial charge in [0.05, 0.1) is 39.0 Å². The molecule has 7 nitrogen and oxygen atoms in total. The fourth-order valence-electron chi connectivity index (χ4n) is 2.37. The summed E-state index contributed by atoms with van der Waals surface area (Å²) in [5.41, 5.74) is 1.01. The van der Waals surface area contributed by atoms with E-state index in [-0.39, 0.29) is 4.90 Å². The van der Waals surface area contributed by atoms with Crippen molar-refractivity contribution in [2.45, 2.75) is 11.8 Å². The van der Waals surface area contributed by atoms with Gasteiger partial charge in [-0.05, 0) is 30.7 Å². The minimum Gasteiger partial charge on any atom is -0.496 e. The summed E-state index contributed by atoms with van der Waals surface area (Å²) in [5.74, 6) is 1.70. The van der Waals surface area contributed by atoms with Crippen LogP contribution in [0.3, 0.4) is 0 Å². The van der Waals surface area contributed by atoms with Crippen LogP contribution in [0.1, 0.15) is 5.56 Å². The molecule has 0 aliphatic rings. The number of rotatable bonds is 7. The molecule has 0 radical (unpaired) electrons. The van der Waals surface area contributed by atoms with Crippen molar-refractivity contribution in [1.29, 1.82) is 0 Å². The first-order chi connectivity index (χ1) is 11.9. The average Bonchev–Trinajstić information content (AvgIpc) is 2.60. The van der Waals surface area contributed by atoms with Crippen molar-refractivity contribution >= 4 is 15.7 Å². The third-order valence-electron chi connectivity index (χ3n) is 3.59. The first-order valence-corrected chi connectivity index (χ1v) is 8.82. The second kappa shape index (κ2) is 7.52. The molecule has 0 aliphatic carbocycles. The number of anilines is 1. The van der Waals surface area contributed by atoms with Gasteiger partial charge in [0.25, 0.3) is 10.0 Å². The molecule has 0 atom stereocenters. The Hall–Kier alpha value is -2.61. The summed E-state index contributed by atoms with van der Waals surface area (Å²) >= 11 is 0. The van der Waals surface area contributed by atoms with E-state index in [1.807, 2.05) is 0 Å². The van der Waals surface area contributed by atoms with Crippen LogP contribution in [0.25, 0.3) is 0 Å². The van der Waals surface area contributed by atoms with E-state index in [9.17, 15) is 8.42 Å². The molecule has 136 valence electrons. The molecule has 2 rings (SSSR count). The highest BCUT2D eigenvalue weighted by Crippen LogP contribution is 2.40. The van der Waals surface area contributed by atoms with E-state index in [0.717, 1.165) is 5.56 Å². The highest BCUT2D eigenvalue weighted by molar-refractivity contribution is 7.92. The normalized spacial score (nSPS) is 10.9. The summed E-state index contributed by atoms with van der Waals surface area (Å²) in [4.78, 5) is 0.125. The Bertz CT molecular complexity index is 838. The van der Waals surface area contributed by atoms with E-state index in [2.05, 4.69) is 4.72 Å². The molecule has 2 aromatic carbocycles. The van der Waals surface area contributed by atoms with Crippen LogP contribution in [0.15, 0.2) is 35.2 Å². The topological polar surface area (TPSA) is 83.1 Å². The monoisotopic (exact) mass is 367 g/mol. The van der Waals surface area contributed by atoms with Crippen LogP contribution < -0.4 is 23.7 Å². The Kier molecular flexibility index (Phi) is 5.63. The van der Waals surface area contributed by atoms with Crippen molar-refractivity contribution in [3.63, 3.8) is 0 Å². The van der Waals surface area contributed by atoms with Crippen molar-refractivity contribution in [1.82, 2.24) is 0 Å². The van der Waals surface area contributed by atoms with Crippen molar-refractivity contribution in [3.05, 3.63) is 35.9 Å². The van der Waals surface area contributed by atoms with Crippen LogP contribution in [-0.2, 0) is 10.0 Å². The van der Waals surface area contributed by atoms with Crippen LogP contribution in [0.4, 0.5) is 5.69 Å². The zero-order valence-electron chi connectivity index (χ0n) is 14.7. The van der Waals surface area contributed by atoms with Crippen molar-refractivity contribution in [3.8, 4) is 23.0 Å². The maximum absolute atomic E-state index is 12.6. The Balaban J connectivity index is 2.42. The van der Waals surface area contributed by atoms with Crippen molar-refractivity contribution in [2.75, 3.05) is 33.2 Å². The number of hydrogen-bond acceptors (Lipinski definition) is 6. The highest BCUT2D eigenvalue weighted by Gasteiger charge is 2.19. The van der Waals surface area contributed by atoms with Gasteiger partial charge in [-0.3, -0.25) is 4.72 Å². The third-order valence-corrected chi connectivity index (χ3v) is 4.97. The Labute approximate surface area is 147 Å². The molecule has 2 aromatic rings. The predicted octanol–water partition coefficient (Wildman–Crippen LogP) is 2.83. The van der Waals surface area contributed by atoms with Gasteiger partial charge < -0.3 is 18.9 Å². The van der Waals surface area contributed by atoms with E-state index in [4.69, 9.17) is 18.9 Å². The van der Waals surface area contributed by atoms with Gasteiger partial charge in [-0.25, -0.2) is 8.42 Å². The summed E-state index contributed by atoms with van der Waals surface area (Å²) < 4.78 is 48.6. The lowest BCUT2D eigenvalue weighted by molar-refractivity contribution is 0.325. The molecule has 25 heavy (non-hydrogen) atoms. The Morgan fingerprint density at radius 1 is 0.800 bits per heavy atom. The summed E-state index contributed by atoms with van der Waals surface area (Å²) in [5, 5.41) is 0. The van der Waals surface area contributed by atoms with Gasteiger partial charge in [0.2, 0.25) is 5.75 Å². The maximum Gasteiger partial charge on any atom is 0.261 e. The molecule has 0 saturated carbocycles. The first kappa shape index (κ1) is 18.7.